The number of hydrogen-bond acceptors (Lipinski definition) is 2. The maximum absolute atomic E-state index is 14.6. The number of alkyl halides is 2. The molecule has 0 aliphatic heterocycles. The molecule has 0 amide bonds. The number of hydrogen-bond donors (Lipinski definition) is 3. The minimum Gasteiger partial charge on any atom is -0.396 e. The van der Waals surface area contributed by atoms with Crippen molar-refractivity contribution in [3.8, 4) is 0 Å². The Bertz CT molecular complexity index is 372. The van der Waals surface area contributed by atoms with E-state index >= 15 is 0 Å². The number of halogens is 2. The Morgan fingerprint density at radius 1 is 0.870 bits per heavy atom. The fourth-order valence-electron chi connectivity index (χ4n) is 3.60. The molecule has 0 spiro atoms. The third-order valence-electron chi connectivity index (χ3n) is 4.98. The summed E-state index contributed by atoms with van der Waals surface area (Å²) in [5.41, 5.74) is -5.74. The monoisotopic (exact) mass is 358 g/mol. The van der Waals surface area contributed by atoms with Crippen molar-refractivity contribution in [1.82, 2.24) is 0 Å². The molecule has 0 bridgehead atoms. The predicted molar refractivity (Wildman–Crippen MR) is 88.5 cm³/mol. The number of rotatable bonds is 12. The molecule has 0 saturated carbocycles. The summed E-state index contributed by atoms with van der Waals surface area (Å²) in [6.07, 6.45) is 4.85. The first-order valence-corrected chi connectivity index (χ1v) is 10.1. The van der Waals surface area contributed by atoms with E-state index in [4.69, 9.17) is 5.11 Å². The maximum atomic E-state index is 14.6. The third-order valence-corrected chi connectivity index (χ3v) is 6.13. The van der Waals surface area contributed by atoms with E-state index in [1.165, 1.54) is 0 Å². The molecule has 0 radical (unpaired) electrons. The van der Waals surface area contributed by atoms with Gasteiger partial charge in [0.05, 0.1) is 5.41 Å². The lowest BCUT2D eigenvalue weighted by Gasteiger charge is -2.47. The third kappa shape index (κ3) is 5.48. The minimum atomic E-state index is -5.53. The molecule has 0 aliphatic rings. The fraction of sp³-hybridized carbons (Fsp3) is 1.00. The minimum absolute atomic E-state index is 0.0977. The summed E-state index contributed by atoms with van der Waals surface area (Å²) in [6, 6.07) is 0. The van der Waals surface area contributed by atoms with Crippen LogP contribution >= 0.6 is 7.60 Å². The van der Waals surface area contributed by atoms with Crippen LogP contribution in [0.2, 0.25) is 0 Å². The first-order chi connectivity index (χ1) is 10.4. The zero-order chi connectivity index (χ0) is 18.3. The number of aliphatic hydroxyl groups excluding tert-OH is 1. The molecule has 3 N–H and O–H groups in total. The van der Waals surface area contributed by atoms with Gasteiger partial charge in [0.25, 0.3) is 0 Å². The molecule has 0 unspecified atom stereocenters. The van der Waals surface area contributed by atoms with Crippen LogP contribution in [-0.2, 0) is 4.57 Å². The lowest BCUT2D eigenvalue weighted by molar-refractivity contribution is -0.127. The van der Waals surface area contributed by atoms with Crippen molar-refractivity contribution in [2.24, 2.45) is 17.3 Å². The maximum Gasteiger partial charge on any atom is 0.395 e. The number of aliphatic hydroxyl groups is 1. The van der Waals surface area contributed by atoms with Gasteiger partial charge < -0.3 is 14.9 Å². The van der Waals surface area contributed by atoms with E-state index in [1.807, 2.05) is 0 Å². The van der Waals surface area contributed by atoms with Crippen LogP contribution in [0.4, 0.5) is 8.78 Å². The second-order valence-electron chi connectivity index (χ2n) is 7.03. The van der Waals surface area contributed by atoms with E-state index in [0.29, 0.717) is 6.42 Å². The molecule has 4 nitrogen and oxygen atoms in total. The summed E-state index contributed by atoms with van der Waals surface area (Å²) in [6.45, 7) is 6.63. The molecular formula is C16H33F2O4P. The van der Waals surface area contributed by atoms with E-state index in [1.54, 1.807) is 27.7 Å². The van der Waals surface area contributed by atoms with Crippen LogP contribution in [0.5, 0.6) is 0 Å². The highest BCUT2D eigenvalue weighted by molar-refractivity contribution is 7.53. The summed E-state index contributed by atoms with van der Waals surface area (Å²) in [5, 5.41) is 8.71. The highest BCUT2D eigenvalue weighted by Crippen LogP contribution is 2.67. The quantitative estimate of drug-likeness (QED) is 0.347. The standard InChI is InChI=1S/C16H33F2O4P/c1-13(2)15(14(3)4,16(17,18)23(20,21)22)11-9-7-5-6-8-10-12-19/h13-14,19H,5-12H2,1-4H3,(H2,20,21,22). The van der Waals surface area contributed by atoms with Gasteiger partial charge in [-0.25, -0.2) is 0 Å². The van der Waals surface area contributed by atoms with Crippen molar-refractivity contribution in [2.75, 3.05) is 6.61 Å². The van der Waals surface area contributed by atoms with Crippen LogP contribution < -0.4 is 0 Å². The molecule has 0 fully saturated rings. The molecule has 0 aliphatic carbocycles. The van der Waals surface area contributed by atoms with Gasteiger partial charge in [-0.1, -0.05) is 59.8 Å². The van der Waals surface area contributed by atoms with Crippen LogP contribution in [0.1, 0.15) is 72.6 Å². The SMILES string of the molecule is CC(C)C(CCCCCCCCO)(C(C)C)C(F)(F)P(=O)(O)O. The van der Waals surface area contributed by atoms with Crippen molar-refractivity contribution in [3.05, 3.63) is 0 Å². The van der Waals surface area contributed by atoms with Gasteiger partial charge in [-0.3, -0.25) is 4.57 Å². The van der Waals surface area contributed by atoms with Crippen molar-refractivity contribution in [2.45, 2.75) is 78.3 Å². The van der Waals surface area contributed by atoms with Crippen LogP contribution in [0.15, 0.2) is 0 Å². The van der Waals surface area contributed by atoms with Crippen molar-refractivity contribution >= 4 is 7.60 Å². The molecule has 7 heteroatoms. The van der Waals surface area contributed by atoms with E-state index in [2.05, 4.69) is 0 Å². The summed E-state index contributed by atoms with van der Waals surface area (Å²) in [4.78, 5) is 18.4. The Balaban J connectivity index is 5.01. The Labute approximate surface area is 138 Å². The normalized spacial score (nSPS) is 14.0. The highest BCUT2D eigenvalue weighted by Gasteiger charge is 2.66. The van der Waals surface area contributed by atoms with Gasteiger partial charge in [0.15, 0.2) is 0 Å². The largest absolute Gasteiger partial charge is 0.396 e. The lowest BCUT2D eigenvalue weighted by Crippen LogP contribution is -2.49. The van der Waals surface area contributed by atoms with Gasteiger partial charge in [-0.05, 0) is 24.7 Å². The van der Waals surface area contributed by atoms with Gasteiger partial charge in [0, 0.05) is 6.61 Å². The van der Waals surface area contributed by atoms with E-state index in [0.717, 1.165) is 32.1 Å². The molecule has 0 aromatic rings. The second-order valence-corrected chi connectivity index (χ2v) is 8.68. The molecule has 0 atom stereocenters. The summed E-state index contributed by atoms with van der Waals surface area (Å²) in [5.74, 6) is -1.08. The molecular weight excluding hydrogens is 325 g/mol. The van der Waals surface area contributed by atoms with Crippen LogP contribution in [0.3, 0.4) is 0 Å². The highest BCUT2D eigenvalue weighted by atomic mass is 31.2. The topological polar surface area (TPSA) is 77.8 Å². The first kappa shape index (κ1) is 23.0. The van der Waals surface area contributed by atoms with Crippen LogP contribution in [0.25, 0.3) is 0 Å². The van der Waals surface area contributed by atoms with Crippen molar-refractivity contribution in [1.29, 1.82) is 0 Å². The van der Waals surface area contributed by atoms with Gasteiger partial charge in [0.2, 0.25) is 0 Å². The van der Waals surface area contributed by atoms with Crippen LogP contribution in [0, 0.1) is 17.3 Å². The van der Waals surface area contributed by atoms with Crippen molar-refractivity contribution in [3.63, 3.8) is 0 Å². The van der Waals surface area contributed by atoms with E-state index < -0.39 is 30.5 Å². The molecule has 0 aromatic carbocycles. The predicted octanol–water partition coefficient (Wildman–Crippen LogP) is 4.78. The van der Waals surface area contributed by atoms with Gasteiger partial charge in [-0.15, -0.1) is 0 Å². The molecule has 0 rings (SSSR count). The average molecular weight is 358 g/mol. The zero-order valence-electron chi connectivity index (χ0n) is 14.8. The number of unbranched alkanes of at least 4 members (excludes halogenated alkanes) is 5. The van der Waals surface area contributed by atoms with Crippen LogP contribution in [-0.4, -0.2) is 27.2 Å². The summed E-state index contributed by atoms with van der Waals surface area (Å²) >= 11 is 0. The second kappa shape index (κ2) is 9.45. The molecule has 0 saturated heterocycles. The average Bonchev–Trinajstić information content (AvgIpc) is 2.39. The van der Waals surface area contributed by atoms with E-state index in [9.17, 15) is 23.1 Å². The smallest absolute Gasteiger partial charge is 0.395 e. The summed E-state index contributed by atoms with van der Waals surface area (Å²) < 4.78 is 40.7. The van der Waals surface area contributed by atoms with Gasteiger partial charge in [-0.2, -0.15) is 8.78 Å². The van der Waals surface area contributed by atoms with Crippen molar-refractivity contribution < 1.29 is 28.2 Å². The molecule has 0 aromatic heterocycles. The Hall–Kier alpha value is -0.0300. The van der Waals surface area contributed by atoms with E-state index in [-0.39, 0.29) is 13.0 Å². The van der Waals surface area contributed by atoms with Gasteiger partial charge in [0.1, 0.15) is 0 Å². The molecule has 140 valence electrons. The molecule has 0 heterocycles. The summed E-state index contributed by atoms with van der Waals surface area (Å²) in [7, 11) is -5.53. The Morgan fingerprint density at radius 3 is 1.61 bits per heavy atom. The lowest BCUT2D eigenvalue weighted by atomic mass is 9.66. The zero-order valence-corrected chi connectivity index (χ0v) is 15.7. The fourth-order valence-corrected chi connectivity index (χ4v) is 4.77. The first-order valence-electron chi connectivity index (χ1n) is 8.49. The Kier molecular flexibility index (Phi) is 9.44. The van der Waals surface area contributed by atoms with Gasteiger partial charge >= 0.3 is 13.3 Å². The molecule has 23 heavy (non-hydrogen) atoms. The Morgan fingerprint density at radius 2 is 1.26 bits per heavy atom.